The van der Waals surface area contributed by atoms with Crippen LogP contribution in [0.2, 0.25) is 0 Å². The smallest absolute Gasteiger partial charge is 0.348 e. The Morgan fingerprint density at radius 2 is 1.96 bits per heavy atom. The van der Waals surface area contributed by atoms with E-state index in [-0.39, 0.29) is 16.4 Å². The number of nitrogens with one attached hydrogen (secondary N) is 1. The van der Waals surface area contributed by atoms with E-state index < -0.39 is 17.5 Å². The van der Waals surface area contributed by atoms with Crippen molar-refractivity contribution in [2.75, 3.05) is 7.11 Å². The van der Waals surface area contributed by atoms with E-state index in [1.54, 1.807) is 25.1 Å². The second kappa shape index (κ2) is 7.34. The Bertz CT molecular complexity index is 1150. The molecule has 27 heavy (non-hydrogen) atoms. The van der Waals surface area contributed by atoms with Gasteiger partial charge in [-0.25, -0.2) is 14.6 Å². The Balaban J connectivity index is 2.04. The number of esters is 1. The molecule has 9 heteroatoms. The van der Waals surface area contributed by atoms with Crippen LogP contribution in [0.5, 0.6) is 0 Å². The number of hydrogen-bond donors (Lipinski definition) is 2. The third-order valence-electron chi connectivity index (χ3n) is 3.85. The number of halogens is 1. The summed E-state index contributed by atoms with van der Waals surface area (Å²) in [5, 5.41) is 9.41. The zero-order chi connectivity index (χ0) is 19.7. The largest absolute Gasteiger partial charge is 0.478 e. The van der Waals surface area contributed by atoms with Gasteiger partial charge in [0.1, 0.15) is 9.71 Å². The number of aryl methyl sites for hydroxylation is 1. The fourth-order valence-corrected chi connectivity index (χ4v) is 3.80. The minimum absolute atomic E-state index is 0.147. The van der Waals surface area contributed by atoms with Crippen molar-refractivity contribution in [3.05, 3.63) is 62.0 Å². The lowest BCUT2D eigenvalue weighted by Gasteiger charge is -2.01. The van der Waals surface area contributed by atoms with Gasteiger partial charge in [0.05, 0.1) is 23.1 Å². The van der Waals surface area contributed by atoms with E-state index in [0.717, 1.165) is 11.3 Å². The molecule has 0 fully saturated rings. The number of benzene rings is 1. The first-order valence-corrected chi connectivity index (χ1v) is 8.84. The molecule has 0 unspecified atom stereocenters. The van der Waals surface area contributed by atoms with Crippen LogP contribution in [0, 0.1) is 6.92 Å². The van der Waals surface area contributed by atoms with Crippen LogP contribution in [-0.2, 0) is 4.74 Å². The Hall–Kier alpha value is -2.97. The molecule has 0 amide bonds. The van der Waals surface area contributed by atoms with E-state index in [1.165, 1.54) is 19.2 Å². The van der Waals surface area contributed by atoms with E-state index in [0.29, 0.717) is 26.2 Å². The molecule has 0 aliphatic rings. The summed E-state index contributed by atoms with van der Waals surface area (Å²) in [5.41, 5.74) is 0.893. The van der Waals surface area contributed by atoms with Gasteiger partial charge < -0.3 is 14.8 Å². The molecule has 1 aromatic carbocycles. The van der Waals surface area contributed by atoms with Crippen molar-refractivity contribution in [1.82, 2.24) is 9.97 Å². The van der Waals surface area contributed by atoms with Gasteiger partial charge in [0.15, 0.2) is 5.82 Å². The number of aromatic amines is 1. The number of hydrogen-bond acceptors (Lipinski definition) is 6. The number of ether oxygens (including phenoxy) is 1. The maximum atomic E-state index is 12.4. The quantitative estimate of drug-likeness (QED) is 0.644. The number of carboxylic acids is 1. The number of methoxy groups -OCH3 is 1. The number of carbonyl (C=O) groups excluding carboxylic acids is 1. The highest BCUT2D eigenvalue weighted by atomic mass is 35.5. The van der Waals surface area contributed by atoms with Gasteiger partial charge in [-0.15, -0.1) is 11.3 Å². The summed E-state index contributed by atoms with van der Waals surface area (Å²) in [7, 11) is 1.27. The number of aromatic nitrogens is 2. The van der Waals surface area contributed by atoms with Crippen LogP contribution in [0.25, 0.3) is 21.3 Å². The lowest BCUT2D eigenvalue weighted by Crippen LogP contribution is -2.10. The summed E-state index contributed by atoms with van der Waals surface area (Å²) in [5.74, 6) is -1.41. The monoisotopic (exact) mass is 404 g/mol. The summed E-state index contributed by atoms with van der Waals surface area (Å²) < 4.78 is 4.72. The molecular weight excluding hydrogens is 392 g/mol. The molecule has 0 saturated carbocycles. The van der Waals surface area contributed by atoms with Gasteiger partial charge >= 0.3 is 11.9 Å². The van der Waals surface area contributed by atoms with Crippen molar-refractivity contribution in [1.29, 1.82) is 0 Å². The molecule has 0 bridgehead atoms. The molecule has 0 radical (unpaired) electrons. The minimum Gasteiger partial charge on any atom is -0.478 e. The maximum absolute atomic E-state index is 12.4. The van der Waals surface area contributed by atoms with Crippen LogP contribution in [0.1, 0.15) is 37.0 Å². The first-order chi connectivity index (χ1) is 12.8. The second-order valence-electron chi connectivity index (χ2n) is 5.56. The normalized spacial score (nSPS) is 11.6. The molecular formula is C18H13ClN2O5S. The van der Waals surface area contributed by atoms with Crippen LogP contribution in [0.4, 0.5) is 0 Å². The fourth-order valence-electron chi connectivity index (χ4n) is 2.48. The Labute approximate surface area is 161 Å². The highest BCUT2D eigenvalue weighted by molar-refractivity contribution is 7.20. The van der Waals surface area contributed by atoms with Crippen LogP contribution in [-0.4, -0.2) is 34.1 Å². The highest BCUT2D eigenvalue weighted by Gasteiger charge is 2.20. The SMILES string of the molecule is COC(=O)c1sc2nc(C(Cl)=Cc3ccc(C(=O)O)cc3)[nH]c(=O)c2c1C. The third-order valence-corrected chi connectivity index (χ3v) is 5.30. The Kier molecular flexibility index (Phi) is 5.11. The lowest BCUT2D eigenvalue weighted by molar-refractivity contribution is 0.0604. The van der Waals surface area contributed by atoms with Crippen LogP contribution >= 0.6 is 22.9 Å². The molecule has 3 aromatic rings. The molecule has 0 atom stereocenters. The van der Waals surface area contributed by atoms with Crippen LogP contribution in [0.15, 0.2) is 29.1 Å². The Morgan fingerprint density at radius 1 is 1.30 bits per heavy atom. The molecule has 2 heterocycles. The van der Waals surface area contributed by atoms with Gasteiger partial charge in [-0.2, -0.15) is 0 Å². The van der Waals surface area contributed by atoms with E-state index in [9.17, 15) is 14.4 Å². The molecule has 0 saturated heterocycles. The van der Waals surface area contributed by atoms with Crippen molar-refractivity contribution in [2.45, 2.75) is 6.92 Å². The topological polar surface area (TPSA) is 109 Å². The van der Waals surface area contributed by atoms with E-state index >= 15 is 0 Å². The first kappa shape index (κ1) is 18.8. The zero-order valence-corrected chi connectivity index (χ0v) is 15.8. The molecule has 3 rings (SSSR count). The second-order valence-corrected chi connectivity index (χ2v) is 6.97. The van der Waals surface area contributed by atoms with Gasteiger partial charge in [0.2, 0.25) is 0 Å². The molecule has 2 N–H and O–H groups in total. The predicted octanol–water partition coefficient (Wildman–Crippen LogP) is 3.51. The average Bonchev–Trinajstić information content (AvgIpc) is 2.98. The average molecular weight is 405 g/mol. The van der Waals surface area contributed by atoms with Crippen LogP contribution in [0.3, 0.4) is 0 Å². The number of H-pyrrole nitrogens is 1. The Morgan fingerprint density at radius 3 is 2.56 bits per heavy atom. The van der Waals surface area contributed by atoms with Crippen molar-refractivity contribution in [3.8, 4) is 0 Å². The van der Waals surface area contributed by atoms with Gasteiger partial charge in [0.25, 0.3) is 5.56 Å². The highest BCUT2D eigenvalue weighted by Crippen LogP contribution is 2.29. The number of nitrogens with zero attached hydrogens (tertiary/aromatic N) is 1. The predicted molar refractivity (Wildman–Crippen MR) is 103 cm³/mol. The van der Waals surface area contributed by atoms with Crippen molar-refractivity contribution < 1.29 is 19.4 Å². The first-order valence-electron chi connectivity index (χ1n) is 7.64. The van der Waals surface area contributed by atoms with E-state index in [4.69, 9.17) is 21.4 Å². The van der Waals surface area contributed by atoms with E-state index in [1.807, 2.05) is 0 Å². The van der Waals surface area contributed by atoms with Crippen LogP contribution < -0.4 is 5.56 Å². The summed E-state index contributed by atoms with van der Waals surface area (Å²) in [6.45, 7) is 1.66. The fraction of sp³-hybridized carbons (Fsp3) is 0.111. The zero-order valence-electron chi connectivity index (χ0n) is 14.2. The summed E-state index contributed by atoms with van der Waals surface area (Å²) in [6.07, 6.45) is 1.55. The number of rotatable bonds is 4. The summed E-state index contributed by atoms with van der Waals surface area (Å²) in [6, 6.07) is 6.08. The van der Waals surface area contributed by atoms with Crippen molar-refractivity contribution >= 4 is 56.2 Å². The molecule has 0 aliphatic heterocycles. The minimum atomic E-state index is -1.03. The van der Waals surface area contributed by atoms with Gasteiger partial charge in [-0.05, 0) is 36.3 Å². The standard InChI is InChI=1S/C18H13ClN2O5S/c1-8-12-15(22)20-14(21-16(12)27-13(8)18(25)26-2)11(19)7-9-3-5-10(6-4-9)17(23)24/h3-7H,1-2H3,(H,23,24)(H,20,21,22). The number of aromatic carboxylic acids is 1. The third kappa shape index (κ3) is 3.62. The van der Waals surface area contributed by atoms with Gasteiger partial charge in [-0.1, -0.05) is 23.7 Å². The molecule has 0 aliphatic carbocycles. The number of thiophene rings is 1. The van der Waals surface area contributed by atoms with Crippen molar-refractivity contribution in [3.63, 3.8) is 0 Å². The summed E-state index contributed by atoms with van der Waals surface area (Å²) in [4.78, 5) is 42.8. The molecule has 0 spiro atoms. The lowest BCUT2D eigenvalue weighted by atomic mass is 10.1. The van der Waals surface area contributed by atoms with Crippen molar-refractivity contribution in [2.24, 2.45) is 0 Å². The van der Waals surface area contributed by atoms with Gasteiger partial charge in [-0.3, -0.25) is 4.79 Å². The molecule has 2 aromatic heterocycles. The maximum Gasteiger partial charge on any atom is 0.348 e. The number of carboxylic acid groups (broad SMARTS) is 1. The molecule has 7 nitrogen and oxygen atoms in total. The summed E-state index contributed by atoms with van der Waals surface area (Å²) >= 11 is 7.33. The molecule has 138 valence electrons. The number of carbonyl (C=O) groups is 2. The van der Waals surface area contributed by atoms with E-state index in [2.05, 4.69) is 9.97 Å². The van der Waals surface area contributed by atoms with Gasteiger partial charge in [0, 0.05) is 0 Å². The number of fused-ring (bicyclic) bond motifs is 1.